The Morgan fingerprint density at radius 3 is 2.41 bits per heavy atom. The molecular weight excluding hydrogens is 368 g/mol. The third-order valence-electron chi connectivity index (χ3n) is 4.70. The molecule has 1 aromatic heterocycles. The molecule has 2 aromatic rings. The molecular formula is C22H32N4O3. The highest BCUT2D eigenvalue weighted by atomic mass is 16.2. The number of benzene rings is 1. The molecule has 7 nitrogen and oxygen atoms in total. The molecule has 7 heteroatoms. The first-order valence-corrected chi connectivity index (χ1v) is 10.4. The van der Waals surface area contributed by atoms with Crippen LogP contribution in [-0.2, 0) is 16.1 Å². The highest BCUT2D eigenvalue weighted by Gasteiger charge is 2.09. The average molecular weight is 401 g/mol. The van der Waals surface area contributed by atoms with Crippen LogP contribution in [-0.4, -0.2) is 54.0 Å². The second kappa shape index (κ2) is 12.0. The minimum Gasteiger partial charge on any atom is -0.355 e. The van der Waals surface area contributed by atoms with Crippen LogP contribution in [0.25, 0.3) is 10.8 Å². The maximum Gasteiger partial charge on any atom is 0.258 e. The predicted octanol–water partition coefficient (Wildman–Crippen LogP) is 1.75. The molecule has 0 radical (unpaired) electrons. The number of fused-ring (bicyclic) bond motifs is 1. The van der Waals surface area contributed by atoms with E-state index in [0.717, 1.165) is 44.3 Å². The number of hydrogen-bond acceptors (Lipinski definition) is 4. The highest BCUT2D eigenvalue weighted by Crippen LogP contribution is 2.07. The number of nitrogens with zero attached hydrogens (tertiary/aromatic N) is 2. The maximum atomic E-state index is 12.4. The summed E-state index contributed by atoms with van der Waals surface area (Å²) in [7, 11) is 0. The van der Waals surface area contributed by atoms with Crippen LogP contribution in [0.1, 0.15) is 33.1 Å². The third-order valence-corrected chi connectivity index (χ3v) is 4.70. The van der Waals surface area contributed by atoms with Gasteiger partial charge in [0, 0.05) is 18.1 Å². The standard InChI is InChI=1S/C22H32N4O3/c1-3-12-25(13-4-2)14-7-11-23-20(27)16-24-21(28)17-26-15-10-18-8-5-6-9-19(18)22(26)29/h5-6,8-10,15H,3-4,7,11-14,16-17H2,1-2H3,(H,23,27)(H,24,28). The fourth-order valence-corrected chi connectivity index (χ4v) is 3.30. The molecule has 29 heavy (non-hydrogen) atoms. The van der Waals surface area contributed by atoms with Gasteiger partial charge in [-0.25, -0.2) is 0 Å². The summed E-state index contributed by atoms with van der Waals surface area (Å²) in [6, 6.07) is 9.05. The lowest BCUT2D eigenvalue weighted by Gasteiger charge is -2.20. The van der Waals surface area contributed by atoms with Gasteiger partial charge in [0.15, 0.2) is 0 Å². The Labute approximate surface area is 172 Å². The van der Waals surface area contributed by atoms with E-state index in [0.29, 0.717) is 11.9 Å². The molecule has 2 amide bonds. The zero-order chi connectivity index (χ0) is 21.1. The Kier molecular flexibility index (Phi) is 9.37. The van der Waals surface area contributed by atoms with Gasteiger partial charge in [0.25, 0.3) is 5.56 Å². The van der Waals surface area contributed by atoms with Crippen LogP contribution in [0.15, 0.2) is 41.3 Å². The number of hydrogen-bond donors (Lipinski definition) is 2. The van der Waals surface area contributed by atoms with E-state index in [1.54, 1.807) is 24.4 Å². The van der Waals surface area contributed by atoms with E-state index < -0.39 is 0 Å². The van der Waals surface area contributed by atoms with Gasteiger partial charge in [0.05, 0.1) is 6.54 Å². The average Bonchev–Trinajstić information content (AvgIpc) is 2.72. The van der Waals surface area contributed by atoms with Crippen molar-refractivity contribution in [3.8, 4) is 0 Å². The summed E-state index contributed by atoms with van der Waals surface area (Å²) in [5, 5.41) is 6.81. The lowest BCUT2D eigenvalue weighted by molar-refractivity contribution is -0.126. The van der Waals surface area contributed by atoms with E-state index in [-0.39, 0.29) is 30.5 Å². The molecule has 0 saturated carbocycles. The number of carbonyl (C=O) groups excluding carboxylic acids is 2. The molecule has 0 aliphatic carbocycles. The zero-order valence-electron chi connectivity index (χ0n) is 17.4. The van der Waals surface area contributed by atoms with Crippen molar-refractivity contribution < 1.29 is 9.59 Å². The van der Waals surface area contributed by atoms with Crippen LogP contribution >= 0.6 is 0 Å². The topological polar surface area (TPSA) is 83.4 Å². The number of amides is 2. The van der Waals surface area contributed by atoms with E-state index >= 15 is 0 Å². The Hall–Kier alpha value is -2.67. The number of nitrogens with one attached hydrogen (secondary N) is 2. The molecule has 0 saturated heterocycles. The van der Waals surface area contributed by atoms with Crippen molar-refractivity contribution in [1.82, 2.24) is 20.1 Å². The molecule has 0 aliphatic rings. The van der Waals surface area contributed by atoms with Crippen molar-refractivity contribution in [3.63, 3.8) is 0 Å². The Morgan fingerprint density at radius 2 is 1.69 bits per heavy atom. The predicted molar refractivity (Wildman–Crippen MR) is 116 cm³/mol. The van der Waals surface area contributed by atoms with Gasteiger partial charge < -0.3 is 20.1 Å². The van der Waals surface area contributed by atoms with Crippen molar-refractivity contribution in [1.29, 1.82) is 0 Å². The molecule has 2 N–H and O–H groups in total. The number of rotatable bonds is 12. The van der Waals surface area contributed by atoms with E-state index in [4.69, 9.17) is 0 Å². The molecule has 0 fully saturated rings. The number of aromatic nitrogens is 1. The molecule has 0 bridgehead atoms. The second-order valence-corrected chi connectivity index (χ2v) is 7.16. The fraction of sp³-hybridized carbons (Fsp3) is 0.500. The molecule has 0 aliphatic heterocycles. The van der Waals surface area contributed by atoms with Crippen molar-refractivity contribution in [3.05, 3.63) is 46.9 Å². The van der Waals surface area contributed by atoms with Crippen LogP contribution < -0.4 is 16.2 Å². The SMILES string of the molecule is CCCN(CCC)CCCNC(=O)CNC(=O)Cn1ccc2ccccc2c1=O. The monoisotopic (exact) mass is 400 g/mol. The summed E-state index contributed by atoms with van der Waals surface area (Å²) < 4.78 is 1.35. The van der Waals surface area contributed by atoms with Crippen molar-refractivity contribution >= 4 is 22.6 Å². The van der Waals surface area contributed by atoms with Gasteiger partial charge >= 0.3 is 0 Å². The summed E-state index contributed by atoms with van der Waals surface area (Å²) in [6.07, 6.45) is 4.73. The van der Waals surface area contributed by atoms with Crippen LogP contribution in [0.4, 0.5) is 0 Å². The van der Waals surface area contributed by atoms with Gasteiger partial charge in [0.1, 0.15) is 6.54 Å². The van der Waals surface area contributed by atoms with E-state index in [2.05, 4.69) is 29.4 Å². The summed E-state index contributed by atoms with van der Waals surface area (Å²) >= 11 is 0. The maximum absolute atomic E-state index is 12.4. The van der Waals surface area contributed by atoms with Crippen LogP contribution in [0.5, 0.6) is 0 Å². The van der Waals surface area contributed by atoms with Crippen LogP contribution in [0.3, 0.4) is 0 Å². The minimum atomic E-state index is -0.366. The summed E-state index contributed by atoms with van der Waals surface area (Å²) in [5.41, 5.74) is -0.216. The minimum absolute atomic E-state index is 0.0885. The van der Waals surface area contributed by atoms with Crippen molar-refractivity contribution in [2.45, 2.75) is 39.7 Å². The second-order valence-electron chi connectivity index (χ2n) is 7.16. The largest absolute Gasteiger partial charge is 0.355 e. The molecule has 0 unspecified atom stereocenters. The number of carbonyl (C=O) groups is 2. The molecule has 158 valence electrons. The fourth-order valence-electron chi connectivity index (χ4n) is 3.30. The molecule has 0 atom stereocenters. The lowest BCUT2D eigenvalue weighted by Crippen LogP contribution is -2.40. The van der Waals surface area contributed by atoms with E-state index in [1.807, 2.05) is 12.1 Å². The van der Waals surface area contributed by atoms with Crippen LogP contribution in [0.2, 0.25) is 0 Å². The quantitative estimate of drug-likeness (QED) is 0.532. The Morgan fingerprint density at radius 1 is 0.966 bits per heavy atom. The first kappa shape index (κ1) is 22.6. The normalized spacial score (nSPS) is 11.0. The van der Waals surface area contributed by atoms with Gasteiger partial charge in [0.2, 0.25) is 11.8 Å². The van der Waals surface area contributed by atoms with Crippen molar-refractivity contribution in [2.75, 3.05) is 32.7 Å². The Bertz CT molecular complexity index is 857. The van der Waals surface area contributed by atoms with Crippen LogP contribution in [0, 0.1) is 0 Å². The zero-order valence-corrected chi connectivity index (χ0v) is 17.4. The van der Waals surface area contributed by atoms with Gasteiger partial charge in [-0.2, -0.15) is 0 Å². The van der Waals surface area contributed by atoms with Gasteiger partial charge in [-0.3, -0.25) is 14.4 Å². The first-order valence-electron chi connectivity index (χ1n) is 10.4. The van der Waals surface area contributed by atoms with E-state index in [1.165, 1.54) is 4.57 Å². The summed E-state index contributed by atoms with van der Waals surface area (Å²) in [4.78, 5) is 38.9. The summed E-state index contributed by atoms with van der Waals surface area (Å²) in [5.74, 6) is -0.587. The number of pyridine rings is 1. The molecule has 1 aromatic carbocycles. The molecule has 1 heterocycles. The highest BCUT2D eigenvalue weighted by molar-refractivity contribution is 5.85. The van der Waals surface area contributed by atoms with Gasteiger partial charge in [-0.05, 0) is 56.4 Å². The third kappa shape index (κ3) is 7.34. The molecule has 0 spiro atoms. The van der Waals surface area contributed by atoms with Crippen molar-refractivity contribution in [2.24, 2.45) is 0 Å². The molecule has 2 rings (SSSR count). The van der Waals surface area contributed by atoms with Gasteiger partial charge in [-0.15, -0.1) is 0 Å². The Balaban J connectivity index is 1.72. The lowest BCUT2D eigenvalue weighted by atomic mass is 10.2. The first-order chi connectivity index (χ1) is 14.0. The van der Waals surface area contributed by atoms with Gasteiger partial charge in [-0.1, -0.05) is 32.0 Å². The van der Waals surface area contributed by atoms with E-state index in [9.17, 15) is 14.4 Å². The smallest absolute Gasteiger partial charge is 0.258 e. The summed E-state index contributed by atoms with van der Waals surface area (Å²) in [6.45, 7) is 7.83.